The molecule has 3 aromatic rings. The van der Waals surface area contributed by atoms with E-state index in [0.717, 1.165) is 0 Å². The summed E-state index contributed by atoms with van der Waals surface area (Å²) in [6.45, 7) is 0. The molecule has 1 amide bonds. The molecule has 1 aromatic heterocycles. The molecule has 1 atom stereocenters. The first-order chi connectivity index (χ1) is 15.9. The number of furan rings is 1. The van der Waals surface area contributed by atoms with Crippen LogP contribution in [0.4, 0.5) is 10.1 Å². The van der Waals surface area contributed by atoms with E-state index in [1.165, 1.54) is 68.9 Å². The molecule has 0 aliphatic carbocycles. The Kier molecular flexibility index (Phi) is 5.78. The molecule has 1 unspecified atom stereocenters. The highest BCUT2D eigenvalue weighted by Gasteiger charge is 2.45. The molecule has 0 radical (unpaired) electrons. The van der Waals surface area contributed by atoms with Crippen LogP contribution in [0.3, 0.4) is 0 Å². The summed E-state index contributed by atoms with van der Waals surface area (Å²) in [5, 5.41) is 10.8. The Morgan fingerprint density at radius 1 is 1.03 bits per heavy atom. The number of ketones is 1. The van der Waals surface area contributed by atoms with Crippen molar-refractivity contribution in [2.45, 2.75) is 6.04 Å². The number of Topliss-reactive ketones (excluding diaryl/α,β-unsaturated/α-hetero) is 1. The molecule has 8 nitrogen and oxygen atoms in total. The molecule has 4 rings (SSSR count). The van der Waals surface area contributed by atoms with Gasteiger partial charge in [-0.15, -0.1) is 0 Å². The summed E-state index contributed by atoms with van der Waals surface area (Å²) in [5.41, 5.74) is 0.462. The maximum atomic E-state index is 13.6. The number of carbonyl (C=O) groups is 2. The van der Waals surface area contributed by atoms with Crippen molar-refractivity contribution >= 4 is 17.4 Å². The molecular weight excluding hydrogens is 433 g/mol. The highest BCUT2D eigenvalue weighted by atomic mass is 19.1. The fraction of sp³-hybridized carbons (Fsp3) is 0.167. The Balaban J connectivity index is 1.95. The van der Waals surface area contributed by atoms with E-state index in [1.54, 1.807) is 12.1 Å². The minimum absolute atomic E-state index is 0.0530. The lowest BCUT2D eigenvalue weighted by Crippen LogP contribution is -2.31. The summed E-state index contributed by atoms with van der Waals surface area (Å²) >= 11 is 0. The van der Waals surface area contributed by atoms with Crippen LogP contribution < -0.4 is 19.1 Å². The molecule has 1 aliphatic heterocycles. The van der Waals surface area contributed by atoms with Crippen LogP contribution in [-0.2, 0) is 4.79 Å². The molecule has 33 heavy (non-hydrogen) atoms. The highest BCUT2D eigenvalue weighted by Crippen LogP contribution is 2.46. The number of halogens is 1. The predicted molar refractivity (Wildman–Crippen MR) is 115 cm³/mol. The van der Waals surface area contributed by atoms with E-state index in [0.29, 0.717) is 11.3 Å². The molecule has 0 saturated heterocycles. The molecule has 0 bridgehead atoms. The molecule has 2 heterocycles. The topological polar surface area (TPSA) is 98.4 Å². The zero-order chi connectivity index (χ0) is 23.7. The third-order valence-electron chi connectivity index (χ3n) is 5.31. The minimum Gasteiger partial charge on any atom is -0.503 e. The lowest BCUT2D eigenvalue weighted by molar-refractivity contribution is -0.117. The zero-order valence-corrected chi connectivity index (χ0v) is 18.0. The number of benzene rings is 2. The van der Waals surface area contributed by atoms with Gasteiger partial charge in [0.1, 0.15) is 5.82 Å². The fourth-order valence-electron chi connectivity index (χ4n) is 3.82. The number of nitrogens with zero attached hydrogens (tertiary/aromatic N) is 1. The third kappa shape index (κ3) is 3.67. The number of anilines is 1. The lowest BCUT2D eigenvalue weighted by Gasteiger charge is -2.27. The molecule has 0 spiro atoms. The molecule has 9 heteroatoms. The molecule has 1 aliphatic rings. The number of rotatable bonds is 7. The van der Waals surface area contributed by atoms with Gasteiger partial charge in [0.15, 0.2) is 23.0 Å². The average molecular weight is 453 g/mol. The Labute approximate surface area is 188 Å². The van der Waals surface area contributed by atoms with E-state index in [1.807, 2.05) is 0 Å². The molecule has 1 N–H and O–H groups in total. The fourth-order valence-corrected chi connectivity index (χ4v) is 3.82. The van der Waals surface area contributed by atoms with Gasteiger partial charge in [-0.25, -0.2) is 4.39 Å². The number of ether oxygens (including phenoxy) is 3. The number of hydrogen-bond acceptors (Lipinski definition) is 7. The maximum Gasteiger partial charge on any atom is 0.294 e. The number of carbonyl (C=O) groups excluding carboxylic acids is 2. The Bertz CT molecular complexity index is 1210. The van der Waals surface area contributed by atoms with E-state index < -0.39 is 29.3 Å². The van der Waals surface area contributed by atoms with Gasteiger partial charge in [0, 0.05) is 5.69 Å². The number of amides is 1. The van der Waals surface area contributed by atoms with Gasteiger partial charge in [-0.1, -0.05) is 0 Å². The Morgan fingerprint density at radius 2 is 1.67 bits per heavy atom. The van der Waals surface area contributed by atoms with E-state index in [4.69, 9.17) is 18.6 Å². The summed E-state index contributed by atoms with van der Waals surface area (Å²) in [6.07, 6.45) is 1.31. The maximum absolute atomic E-state index is 13.6. The van der Waals surface area contributed by atoms with Crippen LogP contribution in [0.25, 0.3) is 0 Å². The largest absolute Gasteiger partial charge is 0.503 e. The minimum atomic E-state index is -1.09. The van der Waals surface area contributed by atoms with Crippen molar-refractivity contribution in [1.29, 1.82) is 0 Å². The molecule has 0 fully saturated rings. The third-order valence-corrected chi connectivity index (χ3v) is 5.31. The van der Waals surface area contributed by atoms with E-state index in [9.17, 15) is 19.1 Å². The van der Waals surface area contributed by atoms with Crippen molar-refractivity contribution in [3.8, 4) is 17.2 Å². The van der Waals surface area contributed by atoms with Crippen molar-refractivity contribution in [1.82, 2.24) is 0 Å². The first-order valence-electron chi connectivity index (χ1n) is 9.81. The standard InChI is InChI=1S/C24H20FNO7/c1-30-17-11-13(12-18(31-2)23(17)32-3)20-19(21(27)16-5-4-10-33-16)22(28)24(29)26(20)15-8-6-14(25)7-9-15/h4-12,20,28H,1-3H3. The Hall–Kier alpha value is -4.27. The SMILES string of the molecule is COc1cc(C2C(C(=O)c3ccco3)=C(O)C(=O)N2c2ccc(F)cc2)cc(OC)c1OC. The van der Waals surface area contributed by atoms with Crippen LogP contribution in [0.2, 0.25) is 0 Å². The quantitative estimate of drug-likeness (QED) is 0.535. The summed E-state index contributed by atoms with van der Waals surface area (Å²) in [4.78, 5) is 27.6. The second-order valence-electron chi connectivity index (χ2n) is 7.08. The first-order valence-corrected chi connectivity index (χ1v) is 9.81. The number of hydrogen-bond donors (Lipinski definition) is 1. The van der Waals surface area contributed by atoms with Crippen LogP contribution in [0.1, 0.15) is 22.2 Å². The van der Waals surface area contributed by atoms with Gasteiger partial charge in [-0.3, -0.25) is 14.5 Å². The summed E-state index contributed by atoms with van der Waals surface area (Å²) in [7, 11) is 4.31. The monoisotopic (exact) mass is 453 g/mol. The van der Waals surface area contributed by atoms with Gasteiger partial charge in [0.2, 0.25) is 11.5 Å². The highest BCUT2D eigenvalue weighted by molar-refractivity contribution is 6.20. The van der Waals surface area contributed by atoms with Crippen LogP contribution >= 0.6 is 0 Å². The van der Waals surface area contributed by atoms with Gasteiger partial charge in [0.25, 0.3) is 5.91 Å². The van der Waals surface area contributed by atoms with Crippen LogP contribution in [-0.4, -0.2) is 38.1 Å². The molecular formula is C24H20FNO7. The van der Waals surface area contributed by atoms with Crippen molar-refractivity contribution in [3.63, 3.8) is 0 Å². The second-order valence-corrected chi connectivity index (χ2v) is 7.08. The predicted octanol–water partition coefficient (Wildman–Crippen LogP) is 4.23. The molecule has 2 aromatic carbocycles. The lowest BCUT2D eigenvalue weighted by atomic mass is 9.94. The van der Waals surface area contributed by atoms with Gasteiger partial charge in [-0.2, -0.15) is 0 Å². The summed E-state index contributed by atoms with van der Waals surface area (Å²) in [6, 6.07) is 10.1. The van der Waals surface area contributed by atoms with Gasteiger partial charge in [0.05, 0.1) is 39.2 Å². The second kappa shape index (κ2) is 8.70. The number of aliphatic hydroxyl groups excluding tert-OH is 1. The van der Waals surface area contributed by atoms with Gasteiger partial charge < -0.3 is 23.7 Å². The van der Waals surface area contributed by atoms with Crippen LogP contribution in [0.15, 0.2) is 70.5 Å². The molecule has 170 valence electrons. The van der Waals surface area contributed by atoms with Crippen molar-refractivity contribution in [2.75, 3.05) is 26.2 Å². The zero-order valence-electron chi connectivity index (χ0n) is 18.0. The number of aliphatic hydroxyl groups is 1. The van der Waals surface area contributed by atoms with Crippen LogP contribution in [0.5, 0.6) is 17.2 Å². The summed E-state index contributed by atoms with van der Waals surface area (Å²) in [5.74, 6) is -1.90. The van der Waals surface area contributed by atoms with Gasteiger partial charge >= 0.3 is 0 Å². The van der Waals surface area contributed by atoms with Gasteiger partial charge in [-0.05, 0) is 54.1 Å². The number of methoxy groups -OCH3 is 3. The van der Waals surface area contributed by atoms with Crippen LogP contribution in [0, 0.1) is 5.82 Å². The van der Waals surface area contributed by atoms with E-state index in [-0.39, 0.29) is 28.5 Å². The van der Waals surface area contributed by atoms with E-state index >= 15 is 0 Å². The average Bonchev–Trinajstić information content (AvgIpc) is 3.46. The van der Waals surface area contributed by atoms with Crippen molar-refractivity contribution in [2.24, 2.45) is 0 Å². The summed E-state index contributed by atoms with van der Waals surface area (Å²) < 4.78 is 35.0. The van der Waals surface area contributed by atoms with E-state index in [2.05, 4.69) is 0 Å². The van der Waals surface area contributed by atoms with Crippen molar-refractivity contribution in [3.05, 3.63) is 83.3 Å². The molecule has 0 saturated carbocycles. The Morgan fingerprint density at radius 3 is 2.18 bits per heavy atom. The normalized spacial score (nSPS) is 15.7. The van der Waals surface area contributed by atoms with Crippen molar-refractivity contribution < 1.29 is 37.7 Å². The first kappa shape index (κ1) is 21.9. The smallest absolute Gasteiger partial charge is 0.294 e.